The van der Waals surface area contributed by atoms with Gasteiger partial charge < -0.3 is 19.5 Å². The van der Waals surface area contributed by atoms with Crippen molar-refractivity contribution in [1.29, 1.82) is 0 Å². The van der Waals surface area contributed by atoms with Gasteiger partial charge >= 0.3 is 12.1 Å². The summed E-state index contributed by atoms with van der Waals surface area (Å²) in [5.41, 5.74) is 2.98. The first-order valence-electron chi connectivity index (χ1n) is 15.1. The summed E-state index contributed by atoms with van der Waals surface area (Å²) in [4.78, 5) is 21.9. The lowest BCUT2D eigenvalue weighted by Crippen LogP contribution is -2.46. The number of fused-ring (bicyclic) bond motifs is 1. The van der Waals surface area contributed by atoms with Crippen molar-refractivity contribution in [2.75, 3.05) is 37.7 Å². The minimum Gasteiger partial charge on any atom is -0.493 e. The Morgan fingerprint density at radius 1 is 1.02 bits per heavy atom. The number of alkyl halides is 3. The van der Waals surface area contributed by atoms with Gasteiger partial charge in [-0.05, 0) is 61.9 Å². The van der Waals surface area contributed by atoms with E-state index in [4.69, 9.17) is 14.5 Å². The molecule has 1 aromatic heterocycles. The Hall–Kier alpha value is -3.23. The van der Waals surface area contributed by atoms with Gasteiger partial charge in [-0.15, -0.1) is 47.9 Å². The van der Waals surface area contributed by atoms with E-state index in [-0.39, 0.29) is 42.1 Å². The third-order valence-electron chi connectivity index (χ3n) is 8.17. The number of hydrogen-bond acceptors (Lipinski definition) is 8. The number of aliphatic carboxylic acids is 1. The Bertz CT molecular complexity index is 1770. The Balaban J connectivity index is 0.00000270. The first-order valence-corrected chi connectivity index (χ1v) is 16.7. The van der Waals surface area contributed by atoms with Gasteiger partial charge in [-0.3, -0.25) is 9.69 Å². The zero-order valence-corrected chi connectivity index (χ0v) is 29.9. The molecule has 0 bridgehead atoms. The van der Waals surface area contributed by atoms with Crippen molar-refractivity contribution in [2.24, 2.45) is 0 Å². The van der Waals surface area contributed by atoms with Crippen molar-refractivity contribution in [2.45, 2.75) is 49.2 Å². The van der Waals surface area contributed by atoms with E-state index in [9.17, 15) is 27.5 Å². The topological polar surface area (TPSA) is 75.1 Å². The highest BCUT2D eigenvalue weighted by Gasteiger charge is 2.31. The van der Waals surface area contributed by atoms with Gasteiger partial charge in [0, 0.05) is 61.4 Å². The summed E-state index contributed by atoms with van der Waals surface area (Å²) in [7, 11) is 0. The molecule has 1 saturated heterocycles. The van der Waals surface area contributed by atoms with Crippen LogP contribution < -0.4 is 14.4 Å². The number of aromatic nitrogens is 1. The summed E-state index contributed by atoms with van der Waals surface area (Å²) in [6, 6.07) is 15.6. The quantitative estimate of drug-likeness (QED) is 0.127. The number of hydrogen-bond donors (Lipinski definition) is 1. The number of thiazole rings is 1. The molecule has 6 rings (SSSR count). The maximum absolute atomic E-state index is 14.9. The van der Waals surface area contributed by atoms with Crippen molar-refractivity contribution < 1.29 is 36.9 Å². The predicted molar refractivity (Wildman–Crippen MR) is 188 cm³/mol. The summed E-state index contributed by atoms with van der Waals surface area (Å²) in [6.07, 6.45) is -3.52. The van der Waals surface area contributed by atoms with Crippen molar-refractivity contribution in [3.8, 4) is 22.1 Å². The van der Waals surface area contributed by atoms with Crippen LogP contribution in [0, 0.1) is 5.82 Å². The molecule has 3 aromatic carbocycles. The molecule has 1 fully saturated rings. The maximum Gasteiger partial charge on any atom is 0.416 e. The second kappa shape index (κ2) is 15.8. The van der Waals surface area contributed by atoms with Crippen molar-refractivity contribution >= 4 is 59.6 Å². The number of carboxylic acid groups (broad SMARTS) is 1. The Morgan fingerprint density at radius 3 is 2.39 bits per heavy atom. The lowest BCUT2D eigenvalue weighted by molar-refractivity contribution is -0.139. The number of halogens is 6. The van der Waals surface area contributed by atoms with Gasteiger partial charge in [0.2, 0.25) is 0 Å². The van der Waals surface area contributed by atoms with E-state index in [1.165, 1.54) is 60.7 Å². The number of benzene rings is 3. The van der Waals surface area contributed by atoms with Crippen molar-refractivity contribution in [1.82, 2.24) is 9.88 Å². The monoisotopic (exact) mass is 759 g/mol. The summed E-state index contributed by atoms with van der Waals surface area (Å²) in [5.74, 6) is -0.424. The molecule has 0 aliphatic carbocycles. The molecule has 0 saturated carbocycles. The number of thioether (sulfide) groups is 1. The minimum atomic E-state index is -4.44. The molecule has 3 heterocycles. The highest BCUT2D eigenvalue weighted by atomic mass is 35.5. The van der Waals surface area contributed by atoms with Crippen LogP contribution in [0.5, 0.6) is 11.5 Å². The van der Waals surface area contributed by atoms with E-state index < -0.39 is 28.3 Å². The molecular formula is C34H35Cl2F4N3O4S2. The van der Waals surface area contributed by atoms with Gasteiger partial charge in [-0.25, -0.2) is 9.37 Å². The van der Waals surface area contributed by atoms with Gasteiger partial charge in [0.05, 0.1) is 22.7 Å². The van der Waals surface area contributed by atoms with Gasteiger partial charge in [0.25, 0.3) is 0 Å². The SMILES string of the molecule is CC(C)(Sc1ccc(OCc2sc(-c3ccc(C(F)(F)F)cc3)nc2CN2CCN(c3ccc4c(c3)CCO4)CC2)cc1F)C(=O)O.Cl.Cl. The highest BCUT2D eigenvalue weighted by molar-refractivity contribution is 8.01. The van der Waals surface area contributed by atoms with E-state index in [0.717, 1.165) is 72.8 Å². The summed E-state index contributed by atoms with van der Waals surface area (Å²) in [5, 5.41) is 9.97. The number of nitrogens with zero attached hydrogens (tertiary/aromatic N) is 3. The van der Waals surface area contributed by atoms with Crippen LogP contribution in [-0.4, -0.2) is 58.5 Å². The standard InChI is InChI=1S/C34H33F4N3O4S2.2ClH/c1-33(2,32(42)43)47-29-10-8-25(18-26(29)35)45-20-30-27(39-31(46-30)21-3-5-23(6-4-21)34(36,37)38)19-40-12-14-41(15-13-40)24-7-9-28-22(17-24)11-16-44-28;;/h3-10,17-18H,11-16,19-20H2,1-2H3,(H,42,43);2*1H. The Labute approximate surface area is 302 Å². The second-order valence-electron chi connectivity index (χ2n) is 11.9. The number of carbonyl (C=O) groups is 1. The van der Waals surface area contributed by atoms with Crippen LogP contribution in [-0.2, 0) is 30.5 Å². The van der Waals surface area contributed by atoms with E-state index >= 15 is 0 Å². The molecule has 0 amide bonds. The third-order valence-corrected chi connectivity index (χ3v) is 10.5. The van der Waals surface area contributed by atoms with Crippen LogP contribution in [0.3, 0.4) is 0 Å². The Morgan fingerprint density at radius 2 is 1.73 bits per heavy atom. The van der Waals surface area contributed by atoms with Gasteiger partial charge in [0.1, 0.15) is 33.7 Å². The Kier molecular flexibility index (Phi) is 12.4. The van der Waals surface area contributed by atoms with Gasteiger partial charge in [-0.2, -0.15) is 13.2 Å². The lowest BCUT2D eigenvalue weighted by atomic mass is 10.1. The van der Waals surface area contributed by atoms with E-state index in [0.29, 0.717) is 23.7 Å². The fourth-order valence-electron chi connectivity index (χ4n) is 5.41. The van der Waals surface area contributed by atoms with Crippen LogP contribution in [0.2, 0.25) is 0 Å². The van der Waals surface area contributed by atoms with Crippen LogP contribution in [0.4, 0.5) is 23.2 Å². The first kappa shape index (κ1) is 38.6. The zero-order chi connectivity index (χ0) is 33.3. The van der Waals surface area contributed by atoms with E-state index in [2.05, 4.69) is 21.9 Å². The molecule has 49 heavy (non-hydrogen) atoms. The lowest BCUT2D eigenvalue weighted by Gasteiger charge is -2.36. The normalized spacial score (nSPS) is 14.8. The van der Waals surface area contributed by atoms with Crippen molar-refractivity contribution in [3.63, 3.8) is 0 Å². The number of anilines is 1. The minimum absolute atomic E-state index is 0. The van der Waals surface area contributed by atoms with E-state index in [1.54, 1.807) is 6.07 Å². The molecule has 2 aliphatic rings. The molecule has 0 radical (unpaired) electrons. The fraction of sp³-hybridized carbons (Fsp3) is 0.353. The van der Waals surface area contributed by atoms with Crippen LogP contribution in [0.15, 0.2) is 65.6 Å². The second-order valence-corrected chi connectivity index (χ2v) is 14.7. The third kappa shape index (κ3) is 9.12. The van der Waals surface area contributed by atoms with Crippen LogP contribution in [0.25, 0.3) is 10.6 Å². The highest BCUT2D eigenvalue weighted by Crippen LogP contribution is 2.37. The number of rotatable bonds is 10. The molecule has 264 valence electrons. The molecule has 15 heteroatoms. The summed E-state index contributed by atoms with van der Waals surface area (Å²) in [6.45, 7) is 7.55. The predicted octanol–water partition coefficient (Wildman–Crippen LogP) is 8.60. The molecular weight excluding hydrogens is 725 g/mol. The summed E-state index contributed by atoms with van der Waals surface area (Å²) >= 11 is 2.24. The average Bonchev–Trinajstić information content (AvgIpc) is 3.68. The molecule has 1 N–H and O–H groups in total. The van der Waals surface area contributed by atoms with Crippen molar-refractivity contribution in [3.05, 3.63) is 88.2 Å². The average molecular weight is 761 g/mol. The smallest absolute Gasteiger partial charge is 0.416 e. The maximum atomic E-state index is 14.9. The fourth-order valence-corrected chi connectivity index (χ4v) is 7.33. The largest absolute Gasteiger partial charge is 0.493 e. The summed E-state index contributed by atoms with van der Waals surface area (Å²) < 4.78 is 64.9. The number of piperazine rings is 1. The molecule has 7 nitrogen and oxygen atoms in total. The molecule has 0 spiro atoms. The van der Waals surface area contributed by atoms with Crippen LogP contribution in [0.1, 0.15) is 35.5 Å². The van der Waals surface area contributed by atoms with Gasteiger partial charge in [0.15, 0.2) is 0 Å². The van der Waals surface area contributed by atoms with E-state index in [1.807, 2.05) is 6.07 Å². The molecule has 0 atom stereocenters. The number of ether oxygens (including phenoxy) is 2. The first-order chi connectivity index (χ1) is 22.4. The number of carboxylic acids is 1. The molecule has 2 aliphatic heterocycles. The molecule has 0 unspecified atom stereocenters. The zero-order valence-electron chi connectivity index (χ0n) is 26.6. The molecule has 4 aromatic rings. The van der Waals surface area contributed by atoms with Crippen LogP contribution >= 0.6 is 47.9 Å². The van der Waals surface area contributed by atoms with Gasteiger partial charge in [-0.1, -0.05) is 12.1 Å².